The van der Waals surface area contributed by atoms with Crippen molar-refractivity contribution >= 4 is 35.1 Å². The van der Waals surface area contributed by atoms with E-state index >= 15 is 0 Å². The number of methoxy groups -OCH3 is 1. The molecule has 1 saturated carbocycles. The van der Waals surface area contributed by atoms with Gasteiger partial charge in [0.2, 0.25) is 17.7 Å². The number of Topliss-reactive ketones (excluding diaryl/α,β-unsaturated/α-hetero) is 1. The fourth-order valence-electron chi connectivity index (χ4n) is 6.23. The van der Waals surface area contributed by atoms with Crippen LogP contribution >= 0.6 is 11.6 Å². The number of ether oxygens (including phenoxy) is 1. The molecule has 3 aromatic carbocycles. The minimum Gasteiger partial charge on any atom is -0.497 e. The molecule has 9 nitrogen and oxygen atoms in total. The van der Waals surface area contributed by atoms with E-state index in [1.54, 1.807) is 48.5 Å². The van der Waals surface area contributed by atoms with Gasteiger partial charge in [-0.25, -0.2) is 0 Å². The highest BCUT2D eigenvalue weighted by Gasteiger charge is 2.46. The number of hydrogen-bond donors (Lipinski definition) is 4. The van der Waals surface area contributed by atoms with Crippen molar-refractivity contribution in [1.29, 1.82) is 0 Å². The third-order valence-corrected chi connectivity index (χ3v) is 9.39. The molecular formula is C37H42ClF3N4O5. The Bertz CT molecular complexity index is 1640. The Morgan fingerprint density at radius 3 is 1.94 bits per heavy atom. The Labute approximate surface area is 294 Å². The zero-order valence-electron chi connectivity index (χ0n) is 28.1. The molecule has 1 aliphatic carbocycles. The first kappa shape index (κ1) is 38.4. The molecule has 0 radical (unpaired) electrons. The van der Waals surface area contributed by atoms with Crippen LogP contribution in [0.4, 0.5) is 13.2 Å². The van der Waals surface area contributed by atoms with Gasteiger partial charge < -0.3 is 26.4 Å². The summed E-state index contributed by atoms with van der Waals surface area (Å²) >= 11 is 6.14. The van der Waals surface area contributed by atoms with E-state index in [1.807, 2.05) is 0 Å². The van der Waals surface area contributed by atoms with Gasteiger partial charge in [-0.15, -0.1) is 0 Å². The Balaban J connectivity index is 1.70. The smallest absolute Gasteiger partial charge is 0.452 e. The third-order valence-electron chi connectivity index (χ3n) is 9.13. The SMILES string of the molecule is COc1ccc([C@H](NC(=O)[C@H](Cc2ccc(CN)cc2)NC(=O)C2(c3ccc(Cl)cc3)CCCC2)C(=O)N[C@H](C(=O)C(F)(F)F)C(C)C)cc1. The van der Waals surface area contributed by atoms with Crippen molar-refractivity contribution < 1.29 is 37.1 Å². The topological polar surface area (TPSA) is 140 Å². The number of rotatable bonds is 14. The molecule has 5 N–H and O–H groups in total. The molecule has 0 spiro atoms. The first-order chi connectivity index (χ1) is 23.7. The number of amides is 3. The molecule has 3 aromatic rings. The van der Waals surface area contributed by atoms with E-state index in [0.717, 1.165) is 24.0 Å². The summed E-state index contributed by atoms with van der Waals surface area (Å²) in [4.78, 5) is 54.5. The van der Waals surface area contributed by atoms with Gasteiger partial charge in [-0.05, 0) is 65.3 Å². The first-order valence-electron chi connectivity index (χ1n) is 16.4. The molecular weight excluding hydrogens is 673 g/mol. The van der Waals surface area contributed by atoms with E-state index in [2.05, 4.69) is 16.0 Å². The number of halogens is 4. The minimum atomic E-state index is -5.20. The van der Waals surface area contributed by atoms with E-state index < -0.39 is 53.2 Å². The van der Waals surface area contributed by atoms with Crippen molar-refractivity contribution in [2.75, 3.05) is 7.11 Å². The summed E-state index contributed by atoms with van der Waals surface area (Å²) in [7, 11) is 1.44. The maximum absolute atomic E-state index is 14.2. The van der Waals surface area contributed by atoms with E-state index in [1.165, 1.54) is 45.2 Å². The van der Waals surface area contributed by atoms with E-state index in [4.69, 9.17) is 22.1 Å². The van der Waals surface area contributed by atoms with E-state index in [9.17, 15) is 32.3 Å². The van der Waals surface area contributed by atoms with Crippen LogP contribution in [-0.2, 0) is 37.6 Å². The molecule has 50 heavy (non-hydrogen) atoms. The van der Waals surface area contributed by atoms with Gasteiger partial charge in [0.15, 0.2) is 0 Å². The molecule has 1 aliphatic rings. The minimum absolute atomic E-state index is 0.0251. The average molecular weight is 715 g/mol. The summed E-state index contributed by atoms with van der Waals surface area (Å²) in [5, 5.41) is 8.32. The molecule has 0 aliphatic heterocycles. The van der Waals surface area contributed by atoms with Crippen LogP contribution in [0.1, 0.15) is 67.8 Å². The lowest BCUT2D eigenvalue weighted by molar-refractivity contribution is -0.175. The largest absolute Gasteiger partial charge is 0.497 e. The summed E-state index contributed by atoms with van der Waals surface area (Å²) in [6.45, 7) is 3.05. The first-order valence-corrected chi connectivity index (χ1v) is 16.8. The van der Waals surface area contributed by atoms with Crippen molar-refractivity contribution in [1.82, 2.24) is 16.0 Å². The Morgan fingerprint density at radius 1 is 0.840 bits per heavy atom. The second-order valence-electron chi connectivity index (χ2n) is 12.9. The van der Waals surface area contributed by atoms with Crippen molar-refractivity contribution in [3.05, 3.63) is 100 Å². The molecule has 268 valence electrons. The van der Waals surface area contributed by atoms with Gasteiger partial charge in [-0.1, -0.05) is 86.8 Å². The van der Waals surface area contributed by atoms with Crippen LogP contribution < -0.4 is 26.4 Å². The lowest BCUT2D eigenvalue weighted by atomic mass is 9.77. The molecule has 0 bridgehead atoms. The van der Waals surface area contributed by atoms with Crippen molar-refractivity contribution in [3.63, 3.8) is 0 Å². The average Bonchev–Trinajstić information content (AvgIpc) is 3.60. The van der Waals surface area contributed by atoms with Crippen molar-refractivity contribution in [3.8, 4) is 5.75 Å². The molecule has 0 heterocycles. The number of benzene rings is 3. The maximum Gasteiger partial charge on any atom is 0.452 e. The van der Waals surface area contributed by atoms with Crippen LogP contribution in [0, 0.1) is 5.92 Å². The van der Waals surface area contributed by atoms with Crippen LogP contribution in [0.3, 0.4) is 0 Å². The summed E-state index contributed by atoms with van der Waals surface area (Å²) in [6.07, 6.45) is -2.50. The number of carbonyl (C=O) groups excluding carboxylic acids is 4. The number of ketones is 1. The Morgan fingerprint density at radius 2 is 1.42 bits per heavy atom. The fraction of sp³-hybridized carbons (Fsp3) is 0.405. The number of nitrogens with two attached hydrogens (primary N) is 1. The standard InChI is InChI=1S/C37H42ClF3N4O5/c1-22(2)30(32(46)37(39,40)41)44-34(48)31(25-10-16-28(50-3)17-11-25)45-33(47)29(20-23-6-8-24(21-42)9-7-23)43-35(49)36(18-4-5-19-36)26-12-14-27(38)15-13-26/h6-17,22,29-31H,4-5,18-21,42H2,1-3H3,(H,43,49)(H,44,48)(H,45,47)/t29-,30-,31-/m0/s1. The molecule has 13 heteroatoms. The van der Waals surface area contributed by atoms with Crippen LogP contribution in [0.2, 0.25) is 5.02 Å². The molecule has 1 fully saturated rings. The summed E-state index contributed by atoms with van der Waals surface area (Å²) in [6, 6.07) is 15.5. The lowest BCUT2D eigenvalue weighted by Gasteiger charge is -2.31. The van der Waals surface area contributed by atoms with Gasteiger partial charge in [-0.2, -0.15) is 13.2 Å². The molecule has 0 aromatic heterocycles. The molecule has 4 rings (SSSR count). The highest BCUT2D eigenvalue weighted by molar-refractivity contribution is 6.30. The monoisotopic (exact) mass is 714 g/mol. The number of hydrogen-bond acceptors (Lipinski definition) is 6. The molecule has 3 atom stereocenters. The third kappa shape index (κ3) is 9.22. The number of nitrogens with one attached hydrogen (secondary N) is 3. The van der Waals surface area contributed by atoms with Crippen molar-refractivity contribution in [2.24, 2.45) is 11.7 Å². The fourth-order valence-corrected chi connectivity index (χ4v) is 6.36. The molecule has 0 unspecified atom stereocenters. The van der Waals surface area contributed by atoms with Crippen LogP contribution in [0.5, 0.6) is 5.75 Å². The summed E-state index contributed by atoms with van der Waals surface area (Å²) in [5.41, 5.74) is 7.35. The van der Waals surface area contributed by atoms with Crippen molar-refractivity contribution in [2.45, 2.75) is 82.2 Å². The number of carbonyl (C=O) groups is 4. The molecule has 0 saturated heterocycles. The normalized spacial score (nSPS) is 15.9. The van der Waals surface area contributed by atoms with Gasteiger partial charge in [0.25, 0.3) is 5.78 Å². The van der Waals surface area contributed by atoms with Crippen LogP contribution in [0.25, 0.3) is 0 Å². The maximum atomic E-state index is 14.2. The zero-order chi connectivity index (χ0) is 36.6. The van der Waals surface area contributed by atoms with Crippen LogP contribution in [-0.4, -0.2) is 48.9 Å². The van der Waals surface area contributed by atoms with Gasteiger partial charge in [0.1, 0.15) is 17.8 Å². The second kappa shape index (κ2) is 16.5. The second-order valence-corrected chi connectivity index (χ2v) is 13.3. The van der Waals surface area contributed by atoms with E-state index in [-0.39, 0.29) is 17.9 Å². The van der Waals surface area contributed by atoms with Gasteiger partial charge >= 0.3 is 6.18 Å². The van der Waals surface area contributed by atoms with Crippen LogP contribution in [0.15, 0.2) is 72.8 Å². The predicted octanol–water partition coefficient (Wildman–Crippen LogP) is 5.48. The quantitative estimate of drug-likeness (QED) is 0.175. The van der Waals surface area contributed by atoms with Gasteiger partial charge in [-0.3, -0.25) is 19.2 Å². The van der Waals surface area contributed by atoms with Gasteiger partial charge in [0.05, 0.1) is 18.6 Å². The lowest BCUT2D eigenvalue weighted by Crippen LogP contribution is -2.56. The Hall–Kier alpha value is -4.42. The highest BCUT2D eigenvalue weighted by Crippen LogP contribution is 2.42. The van der Waals surface area contributed by atoms with Gasteiger partial charge in [0, 0.05) is 18.0 Å². The Kier molecular flexibility index (Phi) is 12.7. The molecule has 3 amide bonds. The highest BCUT2D eigenvalue weighted by atomic mass is 35.5. The van der Waals surface area contributed by atoms with E-state index in [0.29, 0.717) is 35.7 Å². The zero-order valence-corrected chi connectivity index (χ0v) is 28.9. The summed E-state index contributed by atoms with van der Waals surface area (Å²) in [5.74, 6) is -4.77. The predicted molar refractivity (Wildman–Crippen MR) is 183 cm³/mol. The number of alkyl halides is 3. The summed E-state index contributed by atoms with van der Waals surface area (Å²) < 4.78 is 45.6.